The number of likely N-dealkylation sites (N-methyl/N-ethyl adjacent to an activating group) is 1. The van der Waals surface area contributed by atoms with E-state index in [2.05, 4.69) is 21.7 Å². The van der Waals surface area contributed by atoms with Gasteiger partial charge in [0.1, 0.15) is 0 Å². The van der Waals surface area contributed by atoms with E-state index in [1.807, 2.05) is 25.5 Å². The van der Waals surface area contributed by atoms with Crippen LogP contribution in [0, 0.1) is 5.92 Å². The smallest absolute Gasteiger partial charge is 0.231 e. The third-order valence-corrected chi connectivity index (χ3v) is 5.89. The first-order chi connectivity index (χ1) is 13.5. The van der Waals surface area contributed by atoms with Crippen LogP contribution in [0.3, 0.4) is 0 Å². The van der Waals surface area contributed by atoms with Crippen molar-refractivity contribution < 1.29 is 19.1 Å². The van der Waals surface area contributed by atoms with Crippen LogP contribution in [-0.4, -0.2) is 50.7 Å². The fourth-order valence-electron chi connectivity index (χ4n) is 3.59. The van der Waals surface area contributed by atoms with Crippen LogP contribution in [0.25, 0.3) is 0 Å². The van der Waals surface area contributed by atoms with E-state index in [9.17, 15) is 9.59 Å². The second-order valence-corrected chi connectivity index (χ2v) is 8.00. The molecule has 2 unspecified atom stereocenters. The third-order valence-electron chi connectivity index (χ3n) is 5.18. The van der Waals surface area contributed by atoms with Gasteiger partial charge in [-0.15, -0.1) is 0 Å². The van der Waals surface area contributed by atoms with Gasteiger partial charge >= 0.3 is 0 Å². The predicted octanol–water partition coefficient (Wildman–Crippen LogP) is 2.25. The molecule has 7 nitrogen and oxygen atoms in total. The highest BCUT2D eigenvalue weighted by Gasteiger charge is 2.36. The summed E-state index contributed by atoms with van der Waals surface area (Å²) in [5, 5.41) is 7.16. The van der Waals surface area contributed by atoms with Crippen molar-refractivity contribution in [2.24, 2.45) is 5.92 Å². The zero-order valence-electron chi connectivity index (χ0n) is 15.9. The van der Waals surface area contributed by atoms with E-state index in [0.29, 0.717) is 24.6 Å². The maximum atomic E-state index is 12.7. The lowest BCUT2D eigenvalue weighted by molar-refractivity contribution is -0.126. The number of hydrogen-bond acceptors (Lipinski definition) is 6. The summed E-state index contributed by atoms with van der Waals surface area (Å²) in [4.78, 5) is 28.9. The minimum absolute atomic E-state index is 0.0546. The summed E-state index contributed by atoms with van der Waals surface area (Å²) < 4.78 is 10.7. The third kappa shape index (κ3) is 3.70. The zero-order chi connectivity index (χ0) is 19.7. The van der Waals surface area contributed by atoms with Gasteiger partial charge in [-0.2, -0.15) is 11.3 Å². The molecule has 8 heteroatoms. The summed E-state index contributed by atoms with van der Waals surface area (Å²) in [7, 11) is 3.99. The van der Waals surface area contributed by atoms with E-state index in [-0.39, 0.29) is 37.0 Å². The lowest BCUT2D eigenvalue weighted by Gasteiger charge is -2.24. The monoisotopic (exact) mass is 401 g/mol. The molecule has 2 aliphatic rings. The highest BCUT2D eigenvalue weighted by molar-refractivity contribution is 7.07. The van der Waals surface area contributed by atoms with Crippen LogP contribution in [0.2, 0.25) is 0 Å². The number of carbonyl (C=O) groups is 2. The Kier molecular flexibility index (Phi) is 5.23. The number of nitrogens with zero attached hydrogens (tertiary/aromatic N) is 2. The quantitative estimate of drug-likeness (QED) is 0.804. The van der Waals surface area contributed by atoms with E-state index >= 15 is 0 Å². The summed E-state index contributed by atoms with van der Waals surface area (Å²) in [5.41, 5.74) is 1.91. The molecule has 1 saturated heterocycles. The van der Waals surface area contributed by atoms with Gasteiger partial charge in [0.25, 0.3) is 0 Å². The van der Waals surface area contributed by atoms with Crippen LogP contribution < -0.4 is 19.7 Å². The predicted molar refractivity (Wildman–Crippen MR) is 107 cm³/mol. The van der Waals surface area contributed by atoms with Gasteiger partial charge in [-0.25, -0.2) is 0 Å². The van der Waals surface area contributed by atoms with Gasteiger partial charge in [-0.1, -0.05) is 0 Å². The molecule has 2 aliphatic heterocycles. The van der Waals surface area contributed by atoms with Crippen molar-refractivity contribution in [2.75, 3.05) is 38.9 Å². The first-order valence-electron chi connectivity index (χ1n) is 9.19. The molecule has 2 amide bonds. The molecule has 0 aliphatic carbocycles. The van der Waals surface area contributed by atoms with E-state index < -0.39 is 0 Å². The van der Waals surface area contributed by atoms with Gasteiger partial charge in [0.2, 0.25) is 18.6 Å². The second kappa shape index (κ2) is 7.81. The Morgan fingerprint density at radius 3 is 2.89 bits per heavy atom. The molecule has 0 saturated carbocycles. The minimum Gasteiger partial charge on any atom is -0.454 e. The van der Waals surface area contributed by atoms with Crippen LogP contribution in [0.1, 0.15) is 18.0 Å². The van der Waals surface area contributed by atoms with Crippen LogP contribution in [-0.2, 0) is 9.59 Å². The number of rotatable bonds is 6. The van der Waals surface area contributed by atoms with Crippen molar-refractivity contribution in [1.82, 2.24) is 10.2 Å². The van der Waals surface area contributed by atoms with E-state index in [0.717, 1.165) is 5.69 Å². The first-order valence-corrected chi connectivity index (χ1v) is 10.1. The van der Waals surface area contributed by atoms with Crippen LogP contribution >= 0.6 is 11.3 Å². The Labute approximate surface area is 167 Å². The molecule has 2 aromatic rings. The van der Waals surface area contributed by atoms with E-state index in [1.165, 1.54) is 5.56 Å². The molecular formula is C20H23N3O4S. The highest BCUT2D eigenvalue weighted by Crippen LogP contribution is 2.37. The Balaban J connectivity index is 1.39. The molecule has 3 heterocycles. The summed E-state index contributed by atoms with van der Waals surface area (Å²) in [6.45, 7) is 1.07. The van der Waals surface area contributed by atoms with Crippen molar-refractivity contribution in [3.8, 4) is 11.5 Å². The summed E-state index contributed by atoms with van der Waals surface area (Å²) in [6, 6.07) is 7.59. The van der Waals surface area contributed by atoms with Gasteiger partial charge in [0, 0.05) is 31.3 Å². The standard InChI is InChI=1S/C20H23N3O4S/c1-22(2)16(13-5-6-28-11-13)9-21-20(25)14-7-19(24)23(10-14)15-3-4-17-18(8-15)27-12-26-17/h3-6,8,11,14,16H,7,9-10,12H2,1-2H3,(H,21,25). The SMILES string of the molecule is CN(C)C(CNC(=O)C1CC(=O)N(c2ccc3c(c2)OCO3)C1)c1ccsc1. The Morgan fingerprint density at radius 1 is 1.32 bits per heavy atom. The Bertz CT molecular complexity index is 868. The van der Waals surface area contributed by atoms with Crippen LogP contribution in [0.4, 0.5) is 5.69 Å². The van der Waals surface area contributed by atoms with Crippen molar-refractivity contribution in [3.05, 3.63) is 40.6 Å². The second-order valence-electron chi connectivity index (χ2n) is 7.22. The number of nitrogens with one attached hydrogen (secondary N) is 1. The van der Waals surface area contributed by atoms with Gasteiger partial charge in [-0.3, -0.25) is 9.59 Å². The van der Waals surface area contributed by atoms with Gasteiger partial charge in [0.15, 0.2) is 11.5 Å². The number of ether oxygens (including phenoxy) is 2. The van der Waals surface area contributed by atoms with Crippen LogP contribution in [0.15, 0.2) is 35.0 Å². The summed E-state index contributed by atoms with van der Waals surface area (Å²) >= 11 is 1.64. The maximum Gasteiger partial charge on any atom is 0.231 e. The average molecular weight is 401 g/mol. The molecule has 28 heavy (non-hydrogen) atoms. The van der Waals surface area contributed by atoms with Crippen molar-refractivity contribution in [1.29, 1.82) is 0 Å². The lowest BCUT2D eigenvalue weighted by atomic mass is 10.1. The molecule has 1 N–H and O–H groups in total. The number of fused-ring (bicyclic) bond motifs is 1. The number of hydrogen-bond donors (Lipinski definition) is 1. The van der Waals surface area contributed by atoms with E-state index in [4.69, 9.17) is 9.47 Å². The summed E-state index contributed by atoms with van der Waals surface area (Å²) in [6.07, 6.45) is 0.214. The van der Waals surface area contributed by atoms with Crippen LogP contribution in [0.5, 0.6) is 11.5 Å². The lowest BCUT2D eigenvalue weighted by Crippen LogP contribution is -2.38. The zero-order valence-corrected chi connectivity index (χ0v) is 16.7. The van der Waals surface area contributed by atoms with Crippen molar-refractivity contribution in [2.45, 2.75) is 12.5 Å². The normalized spacial score (nSPS) is 19.3. The maximum absolute atomic E-state index is 12.7. The molecule has 1 aromatic carbocycles. The fourth-order valence-corrected chi connectivity index (χ4v) is 4.30. The fraction of sp³-hybridized carbons (Fsp3) is 0.400. The molecule has 0 spiro atoms. The molecule has 2 atom stereocenters. The van der Waals surface area contributed by atoms with Crippen molar-refractivity contribution >= 4 is 28.8 Å². The van der Waals surface area contributed by atoms with Gasteiger partial charge in [-0.05, 0) is 48.6 Å². The Morgan fingerprint density at radius 2 is 2.14 bits per heavy atom. The number of carbonyl (C=O) groups excluding carboxylic acids is 2. The average Bonchev–Trinajstić information content (AvgIpc) is 3.41. The Hall–Kier alpha value is -2.58. The molecule has 1 fully saturated rings. The topological polar surface area (TPSA) is 71.1 Å². The number of thiophene rings is 1. The number of anilines is 1. The summed E-state index contributed by atoms with van der Waals surface area (Å²) in [5.74, 6) is 0.804. The highest BCUT2D eigenvalue weighted by atomic mass is 32.1. The molecule has 1 aromatic heterocycles. The van der Waals surface area contributed by atoms with Crippen molar-refractivity contribution in [3.63, 3.8) is 0 Å². The molecule has 0 radical (unpaired) electrons. The number of amides is 2. The largest absolute Gasteiger partial charge is 0.454 e. The van der Waals surface area contributed by atoms with Gasteiger partial charge < -0.3 is 24.6 Å². The molecule has 148 valence electrons. The molecule has 4 rings (SSSR count). The molecular weight excluding hydrogens is 378 g/mol. The van der Waals surface area contributed by atoms with E-state index in [1.54, 1.807) is 28.4 Å². The number of benzene rings is 1. The van der Waals surface area contributed by atoms with Gasteiger partial charge in [0.05, 0.1) is 12.0 Å². The molecule has 0 bridgehead atoms. The minimum atomic E-state index is -0.358. The first kappa shape index (κ1) is 18.8.